The summed E-state index contributed by atoms with van der Waals surface area (Å²) in [7, 11) is 4.05. The second-order valence-electron chi connectivity index (χ2n) is 11.4. The zero-order valence-electron chi connectivity index (χ0n) is 19.2. The van der Waals surface area contributed by atoms with Gasteiger partial charge in [0.05, 0.1) is 12.2 Å². The van der Waals surface area contributed by atoms with Crippen LogP contribution in [0.4, 0.5) is 0 Å². The summed E-state index contributed by atoms with van der Waals surface area (Å²) in [5, 5.41) is 0. The van der Waals surface area contributed by atoms with Gasteiger partial charge in [0.1, 0.15) is 0 Å². The molecule has 5 rings (SSSR count). The van der Waals surface area contributed by atoms with Gasteiger partial charge in [0.2, 0.25) is 0 Å². The third kappa shape index (κ3) is 3.25. The van der Waals surface area contributed by atoms with E-state index in [-0.39, 0.29) is 0 Å². The monoisotopic (exact) mass is 402 g/mol. The zero-order valence-corrected chi connectivity index (χ0v) is 19.2. The van der Waals surface area contributed by atoms with Crippen LogP contribution in [0, 0.1) is 40.9 Å². The van der Waals surface area contributed by atoms with Crippen molar-refractivity contribution in [2.24, 2.45) is 40.9 Å². The standard InChI is InChI=1S/C27H46O2/c1-28-25-17-9-7-15-23(25)27(24-16-8-10-18-26(24)29-2)21-13-5-3-11-19(21)20-12-4-6-14-22(20)27/h19-26H,3-18H2,1-2H3. The molecule has 0 aromatic carbocycles. The van der Waals surface area contributed by atoms with Crippen LogP contribution in [0.2, 0.25) is 0 Å². The van der Waals surface area contributed by atoms with Crippen LogP contribution < -0.4 is 0 Å². The summed E-state index contributed by atoms with van der Waals surface area (Å²) in [5.41, 5.74) is 0.512. The number of hydrogen-bond acceptors (Lipinski definition) is 2. The first-order valence-corrected chi connectivity index (χ1v) is 13.4. The molecule has 0 amide bonds. The SMILES string of the molecule is COC1CCCCC1C1(C2CCCCC2OC)C2CCCCC2C2CCCCC21. The minimum atomic E-state index is 0.506. The maximum atomic E-state index is 6.32. The summed E-state index contributed by atoms with van der Waals surface area (Å²) in [6.45, 7) is 0. The van der Waals surface area contributed by atoms with Crippen LogP contribution in [-0.4, -0.2) is 26.4 Å². The van der Waals surface area contributed by atoms with Crippen molar-refractivity contribution in [3.63, 3.8) is 0 Å². The molecule has 0 aromatic rings. The van der Waals surface area contributed by atoms with Crippen molar-refractivity contribution in [3.05, 3.63) is 0 Å². The molecule has 0 aliphatic heterocycles. The molecule has 166 valence electrons. The molecule has 8 atom stereocenters. The Bertz CT molecular complexity index is 497. The highest BCUT2D eigenvalue weighted by Gasteiger charge is 2.67. The van der Waals surface area contributed by atoms with Crippen LogP contribution in [0.15, 0.2) is 0 Å². The van der Waals surface area contributed by atoms with E-state index < -0.39 is 0 Å². The lowest BCUT2D eigenvalue weighted by Gasteiger charge is -2.59. The predicted octanol–water partition coefficient (Wildman–Crippen LogP) is 7.01. The smallest absolute Gasteiger partial charge is 0.0605 e. The summed E-state index contributed by atoms with van der Waals surface area (Å²) in [5.74, 6) is 5.55. The van der Waals surface area contributed by atoms with Crippen molar-refractivity contribution in [2.75, 3.05) is 14.2 Å². The molecule has 5 aliphatic carbocycles. The van der Waals surface area contributed by atoms with Gasteiger partial charge in [0, 0.05) is 14.2 Å². The molecule has 0 aromatic heterocycles. The average molecular weight is 403 g/mol. The molecular weight excluding hydrogens is 356 g/mol. The predicted molar refractivity (Wildman–Crippen MR) is 119 cm³/mol. The van der Waals surface area contributed by atoms with E-state index in [1.807, 2.05) is 14.2 Å². The largest absolute Gasteiger partial charge is 0.381 e. The summed E-state index contributed by atoms with van der Waals surface area (Å²) in [6.07, 6.45) is 24.2. The first-order chi connectivity index (χ1) is 14.3. The van der Waals surface area contributed by atoms with Gasteiger partial charge in [0.25, 0.3) is 0 Å². The lowest BCUT2D eigenvalue weighted by molar-refractivity contribution is -0.161. The summed E-state index contributed by atoms with van der Waals surface area (Å²) in [4.78, 5) is 0. The van der Waals surface area contributed by atoms with E-state index in [0.29, 0.717) is 17.6 Å². The molecule has 0 heterocycles. The van der Waals surface area contributed by atoms with Crippen molar-refractivity contribution in [3.8, 4) is 0 Å². The van der Waals surface area contributed by atoms with Gasteiger partial charge in [-0.1, -0.05) is 51.4 Å². The number of ether oxygens (including phenoxy) is 2. The molecule has 8 unspecified atom stereocenters. The second-order valence-corrected chi connectivity index (χ2v) is 11.4. The fraction of sp³-hybridized carbons (Fsp3) is 1.00. The van der Waals surface area contributed by atoms with E-state index in [0.717, 1.165) is 35.5 Å². The van der Waals surface area contributed by atoms with Crippen LogP contribution in [0.3, 0.4) is 0 Å². The molecule has 5 aliphatic rings. The Balaban J connectivity index is 1.64. The van der Waals surface area contributed by atoms with E-state index in [9.17, 15) is 0 Å². The van der Waals surface area contributed by atoms with Gasteiger partial charge in [-0.2, -0.15) is 0 Å². The first kappa shape index (κ1) is 20.8. The van der Waals surface area contributed by atoms with Crippen molar-refractivity contribution in [2.45, 2.75) is 115 Å². The second kappa shape index (κ2) is 8.81. The van der Waals surface area contributed by atoms with E-state index in [1.54, 1.807) is 0 Å². The quantitative estimate of drug-likeness (QED) is 0.503. The van der Waals surface area contributed by atoms with Crippen molar-refractivity contribution < 1.29 is 9.47 Å². The number of fused-ring (bicyclic) bond motifs is 3. The highest BCUT2D eigenvalue weighted by molar-refractivity contribution is 5.15. The van der Waals surface area contributed by atoms with E-state index in [1.165, 1.54) is 103 Å². The minimum absolute atomic E-state index is 0.506. The van der Waals surface area contributed by atoms with Gasteiger partial charge in [-0.05, 0) is 92.3 Å². The molecule has 0 N–H and O–H groups in total. The molecule has 0 bridgehead atoms. The minimum Gasteiger partial charge on any atom is -0.381 e. The summed E-state index contributed by atoms with van der Waals surface area (Å²) in [6, 6.07) is 0. The number of rotatable bonds is 4. The van der Waals surface area contributed by atoms with Gasteiger partial charge in [-0.3, -0.25) is 0 Å². The van der Waals surface area contributed by atoms with Crippen LogP contribution in [0.25, 0.3) is 0 Å². The maximum Gasteiger partial charge on any atom is 0.0605 e. The molecule has 2 heteroatoms. The lowest BCUT2D eigenvalue weighted by Crippen LogP contribution is -2.56. The third-order valence-electron chi connectivity index (χ3n) is 10.8. The highest BCUT2D eigenvalue weighted by atomic mass is 16.5. The molecule has 0 spiro atoms. The first-order valence-electron chi connectivity index (χ1n) is 13.4. The molecule has 5 saturated carbocycles. The fourth-order valence-corrected chi connectivity index (χ4v) is 10.1. The summed E-state index contributed by atoms with van der Waals surface area (Å²) >= 11 is 0. The molecule has 0 radical (unpaired) electrons. The Morgan fingerprint density at radius 2 is 0.793 bits per heavy atom. The lowest BCUT2D eigenvalue weighted by atomic mass is 9.48. The Morgan fingerprint density at radius 1 is 0.448 bits per heavy atom. The topological polar surface area (TPSA) is 18.5 Å². The van der Waals surface area contributed by atoms with E-state index >= 15 is 0 Å². The van der Waals surface area contributed by atoms with Crippen molar-refractivity contribution >= 4 is 0 Å². The van der Waals surface area contributed by atoms with Gasteiger partial charge in [0.15, 0.2) is 0 Å². The molecule has 2 nitrogen and oxygen atoms in total. The Kier molecular flexibility index (Phi) is 6.32. The zero-order chi connectivity index (χ0) is 19.8. The molecule has 29 heavy (non-hydrogen) atoms. The van der Waals surface area contributed by atoms with E-state index in [4.69, 9.17) is 9.47 Å². The fourth-order valence-electron chi connectivity index (χ4n) is 10.1. The van der Waals surface area contributed by atoms with Crippen molar-refractivity contribution in [1.82, 2.24) is 0 Å². The van der Waals surface area contributed by atoms with Gasteiger partial charge in [-0.15, -0.1) is 0 Å². The van der Waals surface area contributed by atoms with Crippen LogP contribution in [-0.2, 0) is 9.47 Å². The van der Waals surface area contributed by atoms with Crippen LogP contribution in [0.1, 0.15) is 103 Å². The number of methoxy groups -OCH3 is 2. The maximum absolute atomic E-state index is 6.32. The van der Waals surface area contributed by atoms with Gasteiger partial charge >= 0.3 is 0 Å². The molecule has 0 saturated heterocycles. The Morgan fingerprint density at radius 3 is 1.21 bits per heavy atom. The van der Waals surface area contributed by atoms with Crippen LogP contribution >= 0.6 is 0 Å². The van der Waals surface area contributed by atoms with Gasteiger partial charge < -0.3 is 9.47 Å². The van der Waals surface area contributed by atoms with E-state index in [2.05, 4.69) is 0 Å². The normalized spacial score (nSPS) is 50.7. The molecular formula is C27H46O2. The Hall–Kier alpha value is -0.0800. The van der Waals surface area contributed by atoms with Crippen molar-refractivity contribution in [1.29, 1.82) is 0 Å². The Labute approximate surface area is 179 Å². The van der Waals surface area contributed by atoms with Crippen LogP contribution in [0.5, 0.6) is 0 Å². The summed E-state index contributed by atoms with van der Waals surface area (Å²) < 4.78 is 12.6. The average Bonchev–Trinajstić information content (AvgIpc) is 3.10. The number of hydrogen-bond donors (Lipinski definition) is 0. The molecule has 5 fully saturated rings. The third-order valence-corrected chi connectivity index (χ3v) is 10.8. The highest BCUT2D eigenvalue weighted by Crippen LogP contribution is 2.72. The van der Waals surface area contributed by atoms with Gasteiger partial charge in [-0.25, -0.2) is 0 Å².